The van der Waals surface area contributed by atoms with Gasteiger partial charge < -0.3 is 14.6 Å². The van der Waals surface area contributed by atoms with Crippen LogP contribution in [0.15, 0.2) is 48.5 Å². The second kappa shape index (κ2) is 11.7. The summed E-state index contributed by atoms with van der Waals surface area (Å²) in [5, 5.41) is 10.3. The first-order valence-electron chi connectivity index (χ1n) is 11.2. The Morgan fingerprint density at radius 3 is 2.16 bits per heavy atom. The predicted molar refractivity (Wildman–Crippen MR) is 119 cm³/mol. The average Bonchev–Trinajstić information content (AvgIpc) is 3.62. The third-order valence-electron chi connectivity index (χ3n) is 5.54. The molecule has 1 aliphatic rings. The Labute approximate surface area is 184 Å². The molecule has 166 valence electrons. The van der Waals surface area contributed by atoms with E-state index < -0.39 is 6.29 Å². The Bertz CT molecular complexity index is 837. The fourth-order valence-corrected chi connectivity index (χ4v) is 3.42. The number of ether oxygens (including phenoxy) is 2. The summed E-state index contributed by atoms with van der Waals surface area (Å²) < 4.78 is 11.3. The molecule has 0 amide bonds. The van der Waals surface area contributed by atoms with Gasteiger partial charge in [0.05, 0.1) is 6.61 Å². The van der Waals surface area contributed by atoms with Crippen LogP contribution in [0.1, 0.15) is 80.5 Å². The lowest BCUT2D eigenvalue weighted by molar-refractivity contribution is -0.120. The number of unbranched alkanes of at least 4 members (excludes halogenated alkanes) is 4. The molecule has 2 aromatic rings. The highest BCUT2D eigenvalue weighted by atomic mass is 16.6. The van der Waals surface area contributed by atoms with Gasteiger partial charge in [-0.2, -0.15) is 0 Å². The van der Waals surface area contributed by atoms with Crippen LogP contribution >= 0.6 is 0 Å². The number of aliphatic hydroxyl groups excluding tert-OH is 1. The van der Waals surface area contributed by atoms with Crippen molar-refractivity contribution in [2.75, 3.05) is 6.61 Å². The maximum atomic E-state index is 11.6. The van der Waals surface area contributed by atoms with Gasteiger partial charge in [0.2, 0.25) is 6.29 Å². The number of Topliss-reactive ketones (excluding diaryl/α,β-unsaturated/α-hetero) is 2. The van der Waals surface area contributed by atoms with Crippen LogP contribution in [-0.2, 0) is 4.79 Å². The quantitative estimate of drug-likeness (QED) is 0.241. The van der Waals surface area contributed by atoms with E-state index in [4.69, 9.17) is 9.47 Å². The number of hydrogen-bond donors (Lipinski definition) is 1. The van der Waals surface area contributed by atoms with E-state index in [0.717, 1.165) is 57.1 Å². The lowest BCUT2D eigenvalue weighted by Gasteiger charge is -2.14. The molecule has 0 aliphatic heterocycles. The van der Waals surface area contributed by atoms with Gasteiger partial charge >= 0.3 is 0 Å². The zero-order chi connectivity index (χ0) is 22.1. The molecule has 5 nitrogen and oxygen atoms in total. The van der Waals surface area contributed by atoms with E-state index in [1.54, 1.807) is 36.4 Å². The summed E-state index contributed by atoms with van der Waals surface area (Å²) in [6.45, 7) is 2.16. The van der Waals surface area contributed by atoms with Gasteiger partial charge in [-0.1, -0.05) is 19.3 Å². The molecule has 1 N–H and O–H groups in total. The van der Waals surface area contributed by atoms with Gasteiger partial charge in [-0.25, -0.2) is 0 Å². The van der Waals surface area contributed by atoms with Crippen LogP contribution in [0, 0.1) is 5.92 Å². The highest BCUT2D eigenvalue weighted by molar-refractivity contribution is 5.94. The van der Waals surface area contributed by atoms with Crippen molar-refractivity contribution in [1.29, 1.82) is 0 Å². The molecule has 3 rings (SSSR count). The average molecular weight is 425 g/mol. The molecular formula is C26H32O5. The van der Waals surface area contributed by atoms with Crippen LogP contribution < -0.4 is 9.47 Å². The zero-order valence-corrected chi connectivity index (χ0v) is 18.2. The number of carbonyl (C=O) groups excluding carboxylic acids is 2. The van der Waals surface area contributed by atoms with Crippen LogP contribution in [0.4, 0.5) is 0 Å². The summed E-state index contributed by atoms with van der Waals surface area (Å²) in [6.07, 6.45) is 7.24. The second-order valence-electron chi connectivity index (χ2n) is 8.23. The molecule has 1 aliphatic carbocycles. The largest absolute Gasteiger partial charge is 0.494 e. The maximum Gasteiger partial charge on any atom is 0.224 e. The number of hydrogen-bond acceptors (Lipinski definition) is 5. The van der Waals surface area contributed by atoms with Crippen molar-refractivity contribution in [1.82, 2.24) is 0 Å². The Balaban J connectivity index is 1.30. The molecule has 0 aromatic heterocycles. The molecule has 1 unspecified atom stereocenters. The van der Waals surface area contributed by atoms with Crippen LogP contribution in [0.5, 0.6) is 11.5 Å². The monoisotopic (exact) mass is 424 g/mol. The Morgan fingerprint density at radius 1 is 0.903 bits per heavy atom. The number of benzene rings is 2. The van der Waals surface area contributed by atoms with Gasteiger partial charge in [0.25, 0.3) is 0 Å². The van der Waals surface area contributed by atoms with Gasteiger partial charge in [-0.05, 0) is 81.1 Å². The minimum Gasteiger partial charge on any atom is -0.494 e. The summed E-state index contributed by atoms with van der Waals surface area (Å²) in [5.74, 6) is 2.11. The third kappa shape index (κ3) is 7.83. The molecule has 5 heteroatoms. The molecule has 1 fully saturated rings. The Hall–Kier alpha value is -2.66. The van der Waals surface area contributed by atoms with Gasteiger partial charge in [0, 0.05) is 23.5 Å². The summed E-state index contributed by atoms with van der Waals surface area (Å²) in [5.41, 5.74) is 1.23. The van der Waals surface area contributed by atoms with Crippen molar-refractivity contribution in [3.63, 3.8) is 0 Å². The van der Waals surface area contributed by atoms with Gasteiger partial charge in [0.15, 0.2) is 5.78 Å². The van der Waals surface area contributed by atoms with Crippen molar-refractivity contribution in [3.8, 4) is 11.5 Å². The highest BCUT2D eigenvalue weighted by Crippen LogP contribution is 2.31. The molecule has 1 atom stereocenters. The number of aliphatic hydroxyl groups is 1. The summed E-state index contributed by atoms with van der Waals surface area (Å²) in [4.78, 5) is 23.0. The summed E-state index contributed by atoms with van der Waals surface area (Å²) in [6, 6.07) is 13.9. The van der Waals surface area contributed by atoms with Gasteiger partial charge in [0.1, 0.15) is 17.3 Å². The van der Waals surface area contributed by atoms with Gasteiger partial charge in [-0.3, -0.25) is 9.59 Å². The van der Waals surface area contributed by atoms with E-state index in [2.05, 4.69) is 0 Å². The number of ketones is 2. The van der Waals surface area contributed by atoms with Crippen LogP contribution in [0.3, 0.4) is 0 Å². The highest BCUT2D eigenvalue weighted by Gasteiger charge is 2.28. The Morgan fingerprint density at radius 2 is 1.52 bits per heavy atom. The topological polar surface area (TPSA) is 72.8 Å². The lowest BCUT2D eigenvalue weighted by Crippen LogP contribution is -2.06. The van der Waals surface area contributed by atoms with Crippen molar-refractivity contribution >= 4 is 11.6 Å². The number of carbonyl (C=O) groups is 2. The summed E-state index contributed by atoms with van der Waals surface area (Å²) in [7, 11) is 0. The first kappa shape index (κ1) is 23.0. The fraction of sp³-hybridized carbons (Fsp3) is 0.462. The minimum absolute atomic E-state index is 0.0111. The van der Waals surface area contributed by atoms with E-state index in [9.17, 15) is 14.7 Å². The van der Waals surface area contributed by atoms with Crippen LogP contribution in [0.2, 0.25) is 0 Å². The fourth-order valence-electron chi connectivity index (χ4n) is 3.42. The molecule has 0 bridgehead atoms. The molecule has 0 spiro atoms. The minimum atomic E-state index is -1.09. The van der Waals surface area contributed by atoms with E-state index in [0.29, 0.717) is 35.2 Å². The maximum absolute atomic E-state index is 11.6. The summed E-state index contributed by atoms with van der Waals surface area (Å²) >= 11 is 0. The van der Waals surface area contributed by atoms with E-state index >= 15 is 0 Å². The molecule has 2 aromatic carbocycles. The van der Waals surface area contributed by atoms with Crippen LogP contribution in [-0.4, -0.2) is 23.3 Å². The van der Waals surface area contributed by atoms with E-state index in [1.807, 2.05) is 12.1 Å². The first-order chi connectivity index (χ1) is 15.0. The van der Waals surface area contributed by atoms with Crippen molar-refractivity contribution in [2.24, 2.45) is 5.92 Å². The number of rotatable bonds is 14. The molecule has 0 heterocycles. The smallest absolute Gasteiger partial charge is 0.224 e. The van der Waals surface area contributed by atoms with Crippen molar-refractivity contribution in [2.45, 2.75) is 64.6 Å². The van der Waals surface area contributed by atoms with Crippen molar-refractivity contribution < 1.29 is 24.2 Å². The zero-order valence-electron chi connectivity index (χ0n) is 18.2. The molecule has 0 radical (unpaired) electrons. The SMILES string of the molecule is CC(=O)c1ccc(OC(O)c2ccc(OCCCCCCCC(=O)C3CC3)cc2)cc1. The Kier molecular flexibility index (Phi) is 8.65. The predicted octanol–water partition coefficient (Wildman–Crippen LogP) is 5.66. The molecular weight excluding hydrogens is 392 g/mol. The second-order valence-corrected chi connectivity index (χ2v) is 8.23. The molecule has 31 heavy (non-hydrogen) atoms. The molecule has 0 saturated heterocycles. The van der Waals surface area contributed by atoms with Crippen LogP contribution in [0.25, 0.3) is 0 Å². The third-order valence-corrected chi connectivity index (χ3v) is 5.54. The standard InChI is InChI=1S/C26H32O5/c1-19(27)20-10-16-24(17-11-20)31-26(29)22-12-14-23(15-13-22)30-18-6-4-2-3-5-7-25(28)21-8-9-21/h10-17,21,26,29H,2-9,18H2,1H3. The van der Waals surface area contributed by atoms with E-state index in [1.165, 1.54) is 6.92 Å². The van der Waals surface area contributed by atoms with E-state index in [-0.39, 0.29) is 5.78 Å². The molecule has 1 saturated carbocycles. The first-order valence-corrected chi connectivity index (χ1v) is 11.2. The van der Waals surface area contributed by atoms with Crippen molar-refractivity contribution in [3.05, 3.63) is 59.7 Å². The lowest BCUT2D eigenvalue weighted by atomic mass is 10.1. The normalized spacial score (nSPS) is 14.1. The van der Waals surface area contributed by atoms with Gasteiger partial charge in [-0.15, -0.1) is 0 Å².